The molecule has 0 aromatic heterocycles. The minimum Gasteiger partial charge on any atom is -0.341 e. The Balaban J connectivity index is 0.000000399. The van der Waals surface area contributed by atoms with Crippen LogP contribution in [0.2, 0.25) is 0 Å². The van der Waals surface area contributed by atoms with Gasteiger partial charge in [-0.15, -0.1) is 0 Å². The maximum absolute atomic E-state index is 11.4. The molecular weight excluding hydrogens is 234 g/mol. The van der Waals surface area contributed by atoms with Gasteiger partial charge in [-0.2, -0.15) is 0 Å². The van der Waals surface area contributed by atoms with Crippen molar-refractivity contribution in [3.05, 3.63) is 35.4 Å². The SMILES string of the molecule is CCC(=O)N1CC(c2ccc(C)cc2)C1.CCCC. The Labute approximate surface area is 117 Å². The Morgan fingerprint density at radius 3 is 2.05 bits per heavy atom. The third-order valence-corrected chi connectivity index (χ3v) is 3.59. The highest BCUT2D eigenvalue weighted by molar-refractivity contribution is 5.77. The van der Waals surface area contributed by atoms with E-state index in [0.29, 0.717) is 12.3 Å². The first-order chi connectivity index (χ1) is 9.12. The number of hydrogen-bond acceptors (Lipinski definition) is 1. The predicted molar refractivity (Wildman–Crippen MR) is 81.4 cm³/mol. The summed E-state index contributed by atoms with van der Waals surface area (Å²) in [7, 11) is 0. The average molecular weight is 261 g/mol. The van der Waals surface area contributed by atoms with Gasteiger partial charge in [-0.05, 0) is 12.5 Å². The van der Waals surface area contributed by atoms with E-state index in [2.05, 4.69) is 45.0 Å². The molecule has 0 radical (unpaired) electrons. The number of unbranched alkanes of at least 4 members (excludes halogenated alkanes) is 1. The summed E-state index contributed by atoms with van der Waals surface area (Å²) in [5, 5.41) is 0. The van der Waals surface area contributed by atoms with Crippen LogP contribution in [0.5, 0.6) is 0 Å². The summed E-state index contributed by atoms with van der Waals surface area (Å²) >= 11 is 0. The second kappa shape index (κ2) is 7.98. The minimum absolute atomic E-state index is 0.276. The van der Waals surface area contributed by atoms with Gasteiger partial charge in [0, 0.05) is 25.4 Å². The van der Waals surface area contributed by atoms with Crippen molar-refractivity contribution in [1.29, 1.82) is 0 Å². The second-order valence-corrected chi connectivity index (χ2v) is 5.26. The maximum atomic E-state index is 11.4. The van der Waals surface area contributed by atoms with Crippen LogP contribution in [0.3, 0.4) is 0 Å². The van der Waals surface area contributed by atoms with E-state index in [1.54, 1.807) is 0 Å². The number of hydrogen-bond donors (Lipinski definition) is 0. The van der Waals surface area contributed by atoms with Gasteiger partial charge in [0.2, 0.25) is 5.91 Å². The van der Waals surface area contributed by atoms with Crippen LogP contribution in [-0.4, -0.2) is 23.9 Å². The van der Waals surface area contributed by atoms with Gasteiger partial charge in [0.25, 0.3) is 0 Å². The molecule has 0 bridgehead atoms. The average Bonchev–Trinajstić information content (AvgIpc) is 2.39. The number of carbonyl (C=O) groups excluding carboxylic acids is 1. The highest BCUT2D eigenvalue weighted by Crippen LogP contribution is 2.27. The Bertz CT molecular complexity index is 375. The standard InChI is InChI=1S/C13H17NO.C4H10/c1-3-13(15)14-8-12(9-14)11-6-4-10(2)5-7-11;1-3-4-2/h4-7,12H,3,8-9H2,1-2H3;3-4H2,1-2H3. The molecule has 0 atom stereocenters. The maximum Gasteiger partial charge on any atom is 0.222 e. The van der Waals surface area contributed by atoms with E-state index in [9.17, 15) is 4.79 Å². The van der Waals surface area contributed by atoms with E-state index in [-0.39, 0.29) is 5.91 Å². The van der Waals surface area contributed by atoms with Crippen LogP contribution in [0, 0.1) is 6.92 Å². The van der Waals surface area contributed by atoms with Crippen molar-refractivity contribution in [3.8, 4) is 0 Å². The lowest BCUT2D eigenvalue weighted by molar-refractivity contribution is -0.135. The molecule has 0 aliphatic carbocycles. The molecule has 2 heteroatoms. The van der Waals surface area contributed by atoms with E-state index in [1.165, 1.54) is 24.0 Å². The van der Waals surface area contributed by atoms with Crippen LogP contribution in [0.25, 0.3) is 0 Å². The topological polar surface area (TPSA) is 20.3 Å². The summed E-state index contributed by atoms with van der Waals surface area (Å²) in [5.74, 6) is 0.833. The molecule has 1 amide bonds. The third kappa shape index (κ3) is 4.70. The zero-order chi connectivity index (χ0) is 14.3. The number of nitrogens with zero attached hydrogens (tertiary/aromatic N) is 1. The fourth-order valence-corrected chi connectivity index (χ4v) is 1.96. The summed E-state index contributed by atoms with van der Waals surface area (Å²) < 4.78 is 0. The number of aryl methyl sites for hydroxylation is 1. The van der Waals surface area contributed by atoms with Crippen molar-refractivity contribution in [2.24, 2.45) is 0 Å². The largest absolute Gasteiger partial charge is 0.341 e. The molecule has 1 saturated heterocycles. The summed E-state index contributed by atoms with van der Waals surface area (Å²) in [6.45, 7) is 10.2. The second-order valence-electron chi connectivity index (χ2n) is 5.26. The first-order valence-corrected chi connectivity index (χ1v) is 7.46. The van der Waals surface area contributed by atoms with Gasteiger partial charge < -0.3 is 4.90 Å². The predicted octanol–water partition coefficient (Wildman–Crippen LogP) is 4.14. The van der Waals surface area contributed by atoms with Gasteiger partial charge in [-0.25, -0.2) is 0 Å². The third-order valence-electron chi connectivity index (χ3n) is 3.59. The molecule has 0 spiro atoms. The molecule has 106 valence electrons. The smallest absolute Gasteiger partial charge is 0.222 e. The van der Waals surface area contributed by atoms with Gasteiger partial charge in [-0.1, -0.05) is 63.4 Å². The van der Waals surface area contributed by atoms with E-state index in [1.807, 2.05) is 11.8 Å². The monoisotopic (exact) mass is 261 g/mol. The molecule has 1 aromatic rings. The number of amides is 1. The normalized spacial score (nSPS) is 14.4. The summed E-state index contributed by atoms with van der Waals surface area (Å²) in [4.78, 5) is 13.3. The molecule has 0 N–H and O–H groups in total. The molecule has 2 rings (SSSR count). The molecule has 0 saturated carbocycles. The lowest BCUT2D eigenvalue weighted by atomic mass is 9.91. The van der Waals surface area contributed by atoms with Crippen LogP contribution >= 0.6 is 0 Å². The van der Waals surface area contributed by atoms with Crippen LogP contribution in [0.1, 0.15) is 57.1 Å². The number of rotatable bonds is 3. The first-order valence-electron chi connectivity index (χ1n) is 7.46. The lowest BCUT2D eigenvalue weighted by Crippen LogP contribution is -2.48. The number of benzene rings is 1. The Kier molecular flexibility index (Phi) is 6.61. The van der Waals surface area contributed by atoms with Crippen LogP contribution in [-0.2, 0) is 4.79 Å². The van der Waals surface area contributed by atoms with Gasteiger partial charge in [0.05, 0.1) is 0 Å². The minimum atomic E-state index is 0.276. The Hall–Kier alpha value is -1.31. The molecule has 1 heterocycles. The van der Waals surface area contributed by atoms with Crippen molar-refractivity contribution in [1.82, 2.24) is 4.90 Å². The van der Waals surface area contributed by atoms with Crippen molar-refractivity contribution in [3.63, 3.8) is 0 Å². The van der Waals surface area contributed by atoms with E-state index < -0.39 is 0 Å². The molecular formula is C17H27NO. The van der Waals surface area contributed by atoms with Crippen LogP contribution in [0.4, 0.5) is 0 Å². The molecule has 1 aliphatic rings. The quantitative estimate of drug-likeness (QED) is 0.801. The Morgan fingerprint density at radius 2 is 1.63 bits per heavy atom. The van der Waals surface area contributed by atoms with Gasteiger partial charge in [0.1, 0.15) is 0 Å². The summed E-state index contributed by atoms with van der Waals surface area (Å²) in [6, 6.07) is 8.63. The molecule has 19 heavy (non-hydrogen) atoms. The van der Waals surface area contributed by atoms with Crippen molar-refractivity contribution in [2.75, 3.05) is 13.1 Å². The molecule has 1 aliphatic heterocycles. The molecule has 0 unspecified atom stereocenters. The fourth-order valence-electron chi connectivity index (χ4n) is 1.96. The van der Waals surface area contributed by atoms with E-state index in [0.717, 1.165) is 13.1 Å². The van der Waals surface area contributed by atoms with E-state index in [4.69, 9.17) is 0 Å². The van der Waals surface area contributed by atoms with Gasteiger partial charge in [0.15, 0.2) is 0 Å². The van der Waals surface area contributed by atoms with Crippen molar-refractivity contribution >= 4 is 5.91 Å². The van der Waals surface area contributed by atoms with Crippen LogP contribution in [0.15, 0.2) is 24.3 Å². The molecule has 2 nitrogen and oxygen atoms in total. The Morgan fingerprint density at radius 1 is 1.11 bits per heavy atom. The molecule has 1 fully saturated rings. The highest BCUT2D eigenvalue weighted by Gasteiger charge is 2.30. The van der Waals surface area contributed by atoms with Crippen molar-refractivity contribution < 1.29 is 4.79 Å². The first kappa shape index (κ1) is 15.7. The fraction of sp³-hybridized carbons (Fsp3) is 0.588. The number of likely N-dealkylation sites (tertiary alicyclic amines) is 1. The van der Waals surface area contributed by atoms with Crippen LogP contribution < -0.4 is 0 Å². The molecule has 1 aromatic carbocycles. The van der Waals surface area contributed by atoms with Gasteiger partial charge in [-0.3, -0.25) is 4.79 Å². The van der Waals surface area contributed by atoms with Gasteiger partial charge >= 0.3 is 0 Å². The van der Waals surface area contributed by atoms with Crippen molar-refractivity contribution in [2.45, 2.75) is 52.9 Å². The zero-order valence-corrected chi connectivity index (χ0v) is 12.8. The highest BCUT2D eigenvalue weighted by atomic mass is 16.2. The lowest BCUT2D eigenvalue weighted by Gasteiger charge is -2.39. The number of carbonyl (C=O) groups is 1. The summed E-state index contributed by atoms with van der Waals surface area (Å²) in [5.41, 5.74) is 2.65. The van der Waals surface area contributed by atoms with E-state index >= 15 is 0 Å². The zero-order valence-electron chi connectivity index (χ0n) is 12.8. The summed E-state index contributed by atoms with van der Waals surface area (Å²) in [6.07, 6.45) is 3.26.